The molecule has 7 nitrogen and oxygen atoms in total. The first-order chi connectivity index (χ1) is 15.3. The van der Waals surface area contributed by atoms with Crippen LogP contribution in [0.15, 0.2) is 41.3 Å². The minimum atomic E-state index is -3.57. The molecule has 1 amide bonds. The third kappa shape index (κ3) is 4.37. The van der Waals surface area contributed by atoms with Crippen LogP contribution in [0.2, 0.25) is 0 Å². The Morgan fingerprint density at radius 3 is 2.62 bits per heavy atom. The third-order valence-electron chi connectivity index (χ3n) is 6.14. The molecule has 0 bridgehead atoms. The summed E-state index contributed by atoms with van der Waals surface area (Å²) in [6.45, 7) is 6.64. The number of piperidine rings is 1. The van der Waals surface area contributed by atoms with E-state index in [0.29, 0.717) is 17.2 Å². The van der Waals surface area contributed by atoms with Crippen LogP contribution in [0.3, 0.4) is 0 Å². The Morgan fingerprint density at radius 1 is 1.16 bits per heavy atom. The molecule has 2 N–H and O–H groups in total. The van der Waals surface area contributed by atoms with E-state index in [4.69, 9.17) is 0 Å². The van der Waals surface area contributed by atoms with Gasteiger partial charge < -0.3 is 0 Å². The summed E-state index contributed by atoms with van der Waals surface area (Å²) in [5.41, 5.74) is 9.10. The number of amides is 1. The molecule has 0 spiro atoms. The molecular formula is C23H28N4O3S2. The van der Waals surface area contributed by atoms with Crippen molar-refractivity contribution in [2.24, 2.45) is 0 Å². The van der Waals surface area contributed by atoms with Crippen molar-refractivity contribution in [1.29, 1.82) is 0 Å². The Bertz CT molecular complexity index is 1240. The summed E-state index contributed by atoms with van der Waals surface area (Å²) >= 11 is 1.46. The van der Waals surface area contributed by atoms with E-state index in [1.54, 1.807) is 16.4 Å². The first kappa shape index (κ1) is 22.7. The number of carbonyl (C=O) groups is 1. The van der Waals surface area contributed by atoms with Crippen LogP contribution in [-0.4, -0.2) is 36.2 Å². The Hall–Kier alpha value is -2.49. The molecule has 0 aliphatic carbocycles. The standard InChI is InChI=1S/C23H28N4O3S2/c1-4-18-7-5-6-14-27(18)32(29,30)19-11-9-17(10-12-19)22(28)25-26-23-24-21-16(3)15(2)8-13-20(21)31-23/h8-13,18H,4-7,14H2,1-3H3,(H,24,26)(H,25,28). The minimum absolute atomic E-state index is 0.0437. The van der Waals surface area contributed by atoms with Crippen molar-refractivity contribution >= 4 is 42.6 Å². The van der Waals surface area contributed by atoms with E-state index < -0.39 is 10.0 Å². The lowest BCUT2D eigenvalue weighted by molar-refractivity contribution is 0.0962. The van der Waals surface area contributed by atoms with E-state index >= 15 is 0 Å². The molecule has 1 unspecified atom stereocenters. The number of sulfonamides is 1. The minimum Gasteiger partial charge on any atom is -0.273 e. The first-order valence-corrected chi connectivity index (χ1v) is 13.1. The molecule has 0 saturated carbocycles. The van der Waals surface area contributed by atoms with Crippen LogP contribution in [0.25, 0.3) is 10.2 Å². The molecule has 1 aromatic heterocycles. The van der Waals surface area contributed by atoms with Crippen LogP contribution >= 0.6 is 11.3 Å². The average molecular weight is 473 g/mol. The zero-order valence-corrected chi connectivity index (χ0v) is 20.1. The number of hydrogen-bond acceptors (Lipinski definition) is 6. The summed E-state index contributed by atoms with van der Waals surface area (Å²) in [7, 11) is -3.57. The van der Waals surface area contributed by atoms with Gasteiger partial charge in [-0.05, 0) is 74.6 Å². The number of carbonyl (C=O) groups excluding carboxylic acids is 1. The van der Waals surface area contributed by atoms with Crippen LogP contribution in [0.4, 0.5) is 5.13 Å². The molecule has 4 rings (SSSR count). The number of hydrazine groups is 1. The van der Waals surface area contributed by atoms with Crippen LogP contribution in [0, 0.1) is 13.8 Å². The molecule has 32 heavy (non-hydrogen) atoms. The van der Waals surface area contributed by atoms with Gasteiger partial charge in [-0.15, -0.1) is 0 Å². The van der Waals surface area contributed by atoms with Gasteiger partial charge in [0, 0.05) is 18.2 Å². The molecule has 0 radical (unpaired) electrons. The van der Waals surface area contributed by atoms with Crippen LogP contribution in [0.5, 0.6) is 0 Å². The van der Waals surface area contributed by atoms with Crippen LogP contribution in [-0.2, 0) is 10.0 Å². The molecule has 2 heterocycles. The monoisotopic (exact) mass is 472 g/mol. The maximum absolute atomic E-state index is 13.1. The van der Waals surface area contributed by atoms with Gasteiger partial charge in [-0.25, -0.2) is 13.4 Å². The Kier molecular flexibility index (Phi) is 6.50. The Labute approximate surface area is 192 Å². The summed E-state index contributed by atoms with van der Waals surface area (Å²) in [6.07, 6.45) is 3.64. The van der Waals surface area contributed by atoms with Gasteiger partial charge in [-0.3, -0.25) is 15.6 Å². The molecule has 2 aromatic carbocycles. The lowest BCUT2D eigenvalue weighted by atomic mass is 10.0. The van der Waals surface area contributed by atoms with E-state index in [0.717, 1.165) is 41.5 Å². The highest BCUT2D eigenvalue weighted by Gasteiger charge is 2.32. The predicted octanol–water partition coefficient (Wildman–Crippen LogP) is 4.62. The van der Waals surface area contributed by atoms with Gasteiger partial charge in [0.2, 0.25) is 15.2 Å². The summed E-state index contributed by atoms with van der Waals surface area (Å²) in [5.74, 6) is -0.356. The van der Waals surface area contributed by atoms with Gasteiger partial charge in [0.25, 0.3) is 5.91 Å². The number of fused-ring (bicyclic) bond motifs is 1. The van der Waals surface area contributed by atoms with E-state index in [9.17, 15) is 13.2 Å². The number of anilines is 1. The molecule has 1 saturated heterocycles. The maximum atomic E-state index is 13.1. The largest absolute Gasteiger partial charge is 0.273 e. The van der Waals surface area contributed by atoms with Gasteiger partial charge in [-0.1, -0.05) is 30.7 Å². The summed E-state index contributed by atoms with van der Waals surface area (Å²) in [5, 5.41) is 0.594. The van der Waals surface area contributed by atoms with Crippen molar-refractivity contribution in [3.8, 4) is 0 Å². The number of hydrogen-bond donors (Lipinski definition) is 2. The fraction of sp³-hybridized carbons (Fsp3) is 0.391. The number of benzene rings is 2. The number of rotatable bonds is 6. The van der Waals surface area contributed by atoms with Crippen molar-refractivity contribution in [3.63, 3.8) is 0 Å². The van der Waals surface area contributed by atoms with Gasteiger partial charge in [-0.2, -0.15) is 4.31 Å². The Balaban J connectivity index is 1.45. The van der Waals surface area contributed by atoms with Crippen LogP contribution < -0.4 is 10.9 Å². The highest BCUT2D eigenvalue weighted by Crippen LogP contribution is 2.29. The van der Waals surface area contributed by atoms with Crippen molar-refractivity contribution in [2.45, 2.75) is 57.4 Å². The van der Waals surface area contributed by atoms with Crippen molar-refractivity contribution in [1.82, 2.24) is 14.7 Å². The van der Waals surface area contributed by atoms with Gasteiger partial charge in [0.1, 0.15) is 0 Å². The van der Waals surface area contributed by atoms with Crippen molar-refractivity contribution in [3.05, 3.63) is 53.1 Å². The lowest BCUT2D eigenvalue weighted by Gasteiger charge is -2.34. The van der Waals surface area contributed by atoms with Crippen LogP contribution in [0.1, 0.15) is 54.1 Å². The van der Waals surface area contributed by atoms with Gasteiger partial charge in [0.05, 0.1) is 15.1 Å². The number of thiazole rings is 1. The zero-order valence-electron chi connectivity index (χ0n) is 18.5. The maximum Gasteiger partial charge on any atom is 0.269 e. The first-order valence-electron chi connectivity index (χ1n) is 10.9. The lowest BCUT2D eigenvalue weighted by Crippen LogP contribution is -2.43. The fourth-order valence-electron chi connectivity index (χ4n) is 4.07. The zero-order chi connectivity index (χ0) is 22.9. The average Bonchev–Trinajstić information content (AvgIpc) is 3.24. The quantitative estimate of drug-likeness (QED) is 0.511. The third-order valence-corrected chi connectivity index (χ3v) is 9.04. The number of nitrogens with zero attached hydrogens (tertiary/aromatic N) is 2. The highest BCUT2D eigenvalue weighted by atomic mass is 32.2. The molecule has 3 aromatic rings. The fourth-order valence-corrected chi connectivity index (χ4v) is 6.72. The molecule has 1 aliphatic rings. The second kappa shape index (κ2) is 9.17. The van der Waals surface area contributed by atoms with Crippen molar-refractivity contribution < 1.29 is 13.2 Å². The number of aryl methyl sites for hydroxylation is 2. The molecular weight excluding hydrogens is 444 g/mol. The normalized spacial score (nSPS) is 17.4. The Morgan fingerprint density at radius 2 is 1.91 bits per heavy atom. The predicted molar refractivity (Wildman–Crippen MR) is 128 cm³/mol. The second-order valence-electron chi connectivity index (χ2n) is 8.15. The van der Waals surface area contributed by atoms with E-state index in [-0.39, 0.29) is 16.8 Å². The molecule has 1 aliphatic heterocycles. The molecule has 1 fully saturated rings. The molecule has 9 heteroatoms. The summed E-state index contributed by atoms with van der Waals surface area (Å²) < 4.78 is 28.8. The number of nitrogens with one attached hydrogen (secondary N) is 2. The smallest absolute Gasteiger partial charge is 0.269 e. The van der Waals surface area contributed by atoms with E-state index in [1.165, 1.54) is 29.0 Å². The summed E-state index contributed by atoms with van der Waals surface area (Å²) in [6, 6.07) is 10.2. The topological polar surface area (TPSA) is 91.4 Å². The molecule has 1 atom stereocenters. The van der Waals surface area contributed by atoms with Crippen molar-refractivity contribution in [2.75, 3.05) is 12.0 Å². The van der Waals surface area contributed by atoms with Gasteiger partial charge in [0.15, 0.2) is 0 Å². The van der Waals surface area contributed by atoms with Gasteiger partial charge >= 0.3 is 0 Å². The second-order valence-corrected chi connectivity index (χ2v) is 11.1. The van der Waals surface area contributed by atoms with E-state index in [1.807, 2.05) is 26.8 Å². The SMILES string of the molecule is CCC1CCCCN1S(=O)(=O)c1ccc(C(=O)NNc2nc3c(C)c(C)ccc3s2)cc1. The number of aromatic nitrogens is 1. The summed E-state index contributed by atoms with van der Waals surface area (Å²) in [4.78, 5) is 17.3. The highest BCUT2D eigenvalue weighted by molar-refractivity contribution is 7.89. The van der Waals surface area contributed by atoms with E-state index in [2.05, 4.69) is 21.9 Å². The molecule has 170 valence electrons.